The van der Waals surface area contributed by atoms with Crippen molar-refractivity contribution in [3.8, 4) is 5.75 Å². The molecule has 0 spiro atoms. The lowest BCUT2D eigenvalue weighted by Crippen LogP contribution is -2.44. The van der Waals surface area contributed by atoms with E-state index in [9.17, 15) is 0 Å². The van der Waals surface area contributed by atoms with E-state index in [1.165, 1.54) is 24.0 Å². The van der Waals surface area contributed by atoms with E-state index in [2.05, 4.69) is 51.1 Å². The zero-order chi connectivity index (χ0) is 17.9. The number of piperidine rings is 1. The molecule has 0 saturated carbocycles. The van der Waals surface area contributed by atoms with Crippen LogP contribution in [0.4, 0.5) is 5.82 Å². The lowest BCUT2D eigenvalue weighted by Gasteiger charge is -2.37. The van der Waals surface area contributed by atoms with E-state index in [1.807, 2.05) is 6.92 Å². The van der Waals surface area contributed by atoms with E-state index >= 15 is 0 Å². The highest BCUT2D eigenvalue weighted by Crippen LogP contribution is 2.26. The number of nitrogens with zero attached hydrogens (tertiary/aromatic N) is 4. The molecule has 2 aromatic rings. The Morgan fingerprint density at radius 1 is 1.19 bits per heavy atom. The van der Waals surface area contributed by atoms with Crippen molar-refractivity contribution in [2.75, 3.05) is 38.2 Å². The predicted molar refractivity (Wildman–Crippen MR) is 104 cm³/mol. The average Bonchev–Trinajstić information content (AvgIpc) is 3.14. The van der Waals surface area contributed by atoms with E-state index in [1.54, 1.807) is 6.33 Å². The molecule has 0 aliphatic carbocycles. The molecule has 0 amide bonds. The topological polar surface area (TPSA) is 41.5 Å². The van der Waals surface area contributed by atoms with Crippen molar-refractivity contribution in [2.24, 2.45) is 0 Å². The quantitative estimate of drug-likeness (QED) is 0.828. The van der Waals surface area contributed by atoms with E-state index < -0.39 is 0 Å². The number of hydrogen-bond acceptors (Lipinski definition) is 5. The van der Waals surface area contributed by atoms with Gasteiger partial charge < -0.3 is 14.5 Å². The Kier molecular flexibility index (Phi) is 5.07. The molecule has 138 valence electrons. The molecule has 1 aromatic heterocycles. The zero-order valence-electron chi connectivity index (χ0n) is 15.8. The highest BCUT2D eigenvalue weighted by Gasteiger charge is 2.23. The number of anilines is 1. The first-order valence-corrected chi connectivity index (χ1v) is 9.67. The van der Waals surface area contributed by atoms with Crippen molar-refractivity contribution in [3.05, 3.63) is 47.4 Å². The van der Waals surface area contributed by atoms with E-state index in [-0.39, 0.29) is 0 Å². The van der Waals surface area contributed by atoms with Gasteiger partial charge in [0.15, 0.2) is 0 Å². The van der Waals surface area contributed by atoms with Crippen LogP contribution in [0.3, 0.4) is 0 Å². The maximum atomic E-state index is 5.60. The van der Waals surface area contributed by atoms with Crippen LogP contribution < -0.4 is 9.64 Å². The Labute approximate surface area is 156 Å². The van der Waals surface area contributed by atoms with Gasteiger partial charge in [0.2, 0.25) is 0 Å². The molecule has 0 bridgehead atoms. The van der Waals surface area contributed by atoms with Crippen molar-refractivity contribution in [3.63, 3.8) is 0 Å². The minimum atomic E-state index is 0.567. The highest BCUT2D eigenvalue weighted by atomic mass is 16.5. The van der Waals surface area contributed by atoms with Crippen LogP contribution >= 0.6 is 0 Å². The molecule has 4 rings (SSSR count). The molecule has 2 aliphatic rings. The molecule has 1 aromatic carbocycles. The van der Waals surface area contributed by atoms with Gasteiger partial charge in [-0.05, 0) is 43.4 Å². The fourth-order valence-corrected chi connectivity index (χ4v) is 4.03. The summed E-state index contributed by atoms with van der Waals surface area (Å²) in [6.45, 7) is 6.32. The molecule has 26 heavy (non-hydrogen) atoms. The first kappa shape index (κ1) is 17.3. The molecule has 1 saturated heterocycles. The zero-order valence-corrected chi connectivity index (χ0v) is 15.8. The Balaban J connectivity index is 1.27. The smallest absolute Gasteiger partial charge is 0.132 e. The molecule has 0 radical (unpaired) electrons. The Morgan fingerprint density at radius 2 is 2.04 bits per heavy atom. The predicted octanol–water partition coefficient (Wildman–Crippen LogP) is 2.86. The van der Waals surface area contributed by atoms with Crippen LogP contribution in [0.1, 0.15) is 29.7 Å². The Morgan fingerprint density at radius 3 is 2.85 bits per heavy atom. The number of aromatic nitrogens is 2. The van der Waals surface area contributed by atoms with Crippen molar-refractivity contribution in [1.82, 2.24) is 14.9 Å². The van der Waals surface area contributed by atoms with Gasteiger partial charge in [0, 0.05) is 50.9 Å². The number of aryl methyl sites for hydroxylation is 1. The van der Waals surface area contributed by atoms with E-state index in [0.29, 0.717) is 6.04 Å². The van der Waals surface area contributed by atoms with Crippen LogP contribution in [0.5, 0.6) is 5.75 Å². The molecule has 0 unspecified atom stereocenters. The molecule has 5 heteroatoms. The van der Waals surface area contributed by atoms with Gasteiger partial charge in [-0.3, -0.25) is 0 Å². The van der Waals surface area contributed by atoms with E-state index in [4.69, 9.17) is 4.74 Å². The van der Waals surface area contributed by atoms with Crippen LogP contribution in [0.15, 0.2) is 30.6 Å². The summed E-state index contributed by atoms with van der Waals surface area (Å²) in [7, 11) is 2.16. The van der Waals surface area contributed by atoms with Gasteiger partial charge in [-0.1, -0.05) is 12.1 Å². The minimum Gasteiger partial charge on any atom is -0.493 e. The lowest BCUT2D eigenvalue weighted by molar-refractivity contribution is 0.213. The highest BCUT2D eigenvalue weighted by molar-refractivity contribution is 5.40. The number of ether oxygens (including phenoxy) is 1. The van der Waals surface area contributed by atoms with Gasteiger partial charge in [0.25, 0.3) is 0 Å². The van der Waals surface area contributed by atoms with Crippen molar-refractivity contribution >= 4 is 5.82 Å². The molecule has 0 N–H and O–H groups in total. The van der Waals surface area contributed by atoms with Gasteiger partial charge in [0.05, 0.1) is 6.61 Å². The first-order valence-electron chi connectivity index (χ1n) is 9.67. The van der Waals surface area contributed by atoms with Gasteiger partial charge in [-0.15, -0.1) is 0 Å². The van der Waals surface area contributed by atoms with Gasteiger partial charge in [-0.25, -0.2) is 9.97 Å². The maximum absolute atomic E-state index is 5.60. The van der Waals surface area contributed by atoms with Gasteiger partial charge in [-0.2, -0.15) is 0 Å². The molecule has 2 aliphatic heterocycles. The summed E-state index contributed by atoms with van der Waals surface area (Å²) in [6.07, 6.45) is 6.23. The number of rotatable bonds is 5. The standard InChI is InChI=1S/C21H28N4O/c1-16-13-21(23-15-22-16)24(2)19-6-10-25(11-7-19)9-5-17-3-4-20-18(14-17)8-12-26-20/h3-4,13-15,19H,5-12H2,1-2H3. The fourth-order valence-electron chi connectivity index (χ4n) is 4.03. The first-order chi connectivity index (χ1) is 12.7. The molecular weight excluding hydrogens is 324 g/mol. The summed E-state index contributed by atoms with van der Waals surface area (Å²) in [4.78, 5) is 13.6. The molecule has 1 fully saturated rings. The summed E-state index contributed by atoms with van der Waals surface area (Å²) in [5, 5.41) is 0. The summed E-state index contributed by atoms with van der Waals surface area (Å²) >= 11 is 0. The number of likely N-dealkylation sites (tertiary alicyclic amines) is 1. The Bertz CT molecular complexity index is 755. The Hall–Kier alpha value is -2.14. The lowest BCUT2D eigenvalue weighted by atomic mass is 10.0. The molecule has 3 heterocycles. The number of fused-ring (bicyclic) bond motifs is 1. The largest absolute Gasteiger partial charge is 0.493 e. The SMILES string of the molecule is Cc1cc(N(C)C2CCN(CCc3ccc4c(c3)CCO4)CC2)ncn1. The number of benzene rings is 1. The van der Waals surface area contributed by atoms with Gasteiger partial charge >= 0.3 is 0 Å². The molecular formula is C21H28N4O. The van der Waals surface area contributed by atoms with Crippen LogP contribution in [0.2, 0.25) is 0 Å². The third kappa shape index (κ3) is 3.83. The molecule has 5 nitrogen and oxygen atoms in total. The van der Waals surface area contributed by atoms with Gasteiger partial charge in [0.1, 0.15) is 17.9 Å². The van der Waals surface area contributed by atoms with Crippen molar-refractivity contribution < 1.29 is 4.74 Å². The minimum absolute atomic E-state index is 0.567. The average molecular weight is 352 g/mol. The van der Waals surface area contributed by atoms with Crippen molar-refractivity contribution in [2.45, 2.75) is 38.6 Å². The van der Waals surface area contributed by atoms with Crippen LogP contribution in [-0.4, -0.2) is 54.2 Å². The second-order valence-electron chi connectivity index (χ2n) is 7.49. The van der Waals surface area contributed by atoms with Crippen LogP contribution in [0, 0.1) is 6.92 Å². The second-order valence-corrected chi connectivity index (χ2v) is 7.49. The second kappa shape index (κ2) is 7.62. The third-order valence-corrected chi connectivity index (χ3v) is 5.73. The van der Waals surface area contributed by atoms with E-state index in [0.717, 1.165) is 56.3 Å². The maximum Gasteiger partial charge on any atom is 0.132 e. The molecule has 0 atom stereocenters. The van der Waals surface area contributed by atoms with Crippen LogP contribution in [0.25, 0.3) is 0 Å². The summed E-state index contributed by atoms with van der Waals surface area (Å²) in [5.74, 6) is 2.12. The summed E-state index contributed by atoms with van der Waals surface area (Å²) in [5.41, 5.74) is 3.84. The van der Waals surface area contributed by atoms with Crippen LogP contribution in [-0.2, 0) is 12.8 Å². The summed E-state index contributed by atoms with van der Waals surface area (Å²) < 4.78 is 5.60. The van der Waals surface area contributed by atoms with Crippen molar-refractivity contribution in [1.29, 1.82) is 0 Å². The normalized spacial score (nSPS) is 17.8. The number of hydrogen-bond donors (Lipinski definition) is 0. The summed E-state index contributed by atoms with van der Waals surface area (Å²) in [6, 6.07) is 9.34. The fraction of sp³-hybridized carbons (Fsp3) is 0.524. The monoisotopic (exact) mass is 352 g/mol. The third-order valence-electron chi connectivity index (χ3n) is 5.73.